The maximum absolute atomic E-state index is 12.1. The number of carbonyl (C=O) groups is 2. The molecular formula is C16H16N2O2S2. The lowest BCUT2D eigenvalue weighted by Gasteiger charge is -2.28. The molecule has 0 unspecified atom stereocenters. The van der Waals surface area contributed by atoms with Crippen LogP contribution in [0.3, 0.4) is 0 Å². The number of thiophene rings is 1. The fraction of sp³-hybridized carbons (Fsp3) is 0.250. The van der Waals surface area contributed by atoms with Crippen LogP contribution in [0.1, 0.15) is 4.88 Å². The Morgan fingerprint density at radius 1 is 1.23 bits per heavy atom. The molecule has 1 aromatic heterocycles. The molecule has 0 fully saturated rings. The Kier molecular flexibility index (Phi) is 4.80. The Morgan fingerprint density at radius 2 is 2.09 bits per heavy atom. The van der Waals surface area contributed by atoms with E-state index < -0.39 is 0 Å². The van der Waals surface area contributed by atoms with E-state index in [0.717, 1.165) is 17.0 Å². The van der Waals surface area contributed by atoms with Crippen LogP contribution in [0.25, 0.3) is 0 Å². The second kappa shape index (κ2) is 6.98. The molecule has 0 atom stereocenters. The summed E-state index contributed by atoms with van der Waals surface area (Å²) in [4.78, 5) is 28.0. The zero-order valence-corrected chi connectivity index (χ0v) is 13.6. The average Bonchev–Trinajstić information content (AvgIpc) is 3.03. The van der Waals surface area contributed by atoms with E-state index in [4.69, 9.17) is 0 Å². The normalized spacial score (nSPS) is 13.8. The molecule has 1 aromatic carbocycles. The number of hydrogen-bond donors (Lipinski definition) is 1. The first kappa shape index (κ1) is 15.1. The van der Waals surface area contributed by atoms with Gasteiger partial charge >= 0.3 is 0 Å². The van der Waals surface area contributed by atoms with Gasteiger partial charge in [0.2, 0.25) is 11.8 Å². The lowest BCUT2D eigenvalue weighted by atomic mass is 10.2. The van der Waals surface area contributed by atoms with Crippen LogP contribution in [0.15, 0.2) is 46.7 Å². The molecule has 0 radical (unpaired) electrons. The Hall–Kier alpha value is -1.79. The summed E-state index contributed by atoms with van der Waals surface area (Å²) in [5.74, 6) is 0.253. The van der Waals surface area contributed by atoms with Crippen LogP contribution >= 0.6 is 23.1 Å². The van der Waals surface area contributed by atoms with Gasteiger partial charge in [-0.2, -0.15) is 0 Å². The summed E-state index contributed by atoms with van der Waals surface area (Å²) in [6.07, 6.45) is 0.823. The van der Waals surface area contributed by atoms with E-state index in [0.29, 0.717) is 12.3 Å². The molecule has 114 valence electrons. The molecule has 0 aliphatic carbocycles. The number of para-hydroxylation sites is 1. The average molecular weight is 332 g/mol. The largest absolute Gasteiger partial charge is 0.354 e. The van der Waals surface area contributed by atoms with Crippen molar-refractivity contribution in [3.8, 4) is 0 Å². The third kappa shape index (κ3) is 3.51. The topological polar surface area (TPSA) is 49.4 Å². The van der Waals surface area contributed by atoms with Crippen molar-refractivity contribution in [2.45, 2.75) is 11.3 Å². The standard InChI is InChI=1S/C16H16N2O2S2/c19-15(17-8-7-12-4-3-9-21-12)10-18-13-5-1-2-6-14(13)22-11-16(18)20/h1-6,9H,7-8,10-11H2,(H,17,19). The zero-order chi connectivity index (χ0) is 15.4. The Morgan fingerprint density at radius 3 is 2.91 bits per heavy atom. The fourth-order valence-corrected chi connectivity index (χ4v) is 3.95. The van der Waals surface area contributed by atoms with Crippen LogP contribution in [0.4, 0.5) is 5.69 Å². The summed E-state index contributed by atoms with van der Waals surface area (Å²) in [5, 5.41) is 4.91. The first-order valence-corrected chi connectivity index (χ1v) is 8.92. The lowest BCUT2D eigenvalue weighted by molar-refractivity contribution is -0.122. The Labute approximate surface area is 137 Å². The van der Waals surface area contributed by atoms with Gasteiger partial charge in [0.15, 0.2) is 0 Å². The minimum Gasteiger partial charge on any atom is -0.354 e. The van der Waals surface area contributed by atoms with Crippen LogP contribution < -0.4 is 10.2 Å². The van der Waals surface area contributed by atoms with Gasteiger partial charge in [-0.15, -0.1) is 23.1 Å². The van der Waals surface area contributed by atoms with Gasteiger partial charge < -0.3 is 10.2 Å². The van der Waals surface area contributed by atoms with E-state index in [1.54, 1.807) is 16.2 Å². The van der Waals surface area contributed by atoms with Crippen molar-refractivity contribution in [3.63, 3.8) is 0 Å². The van der Waals surface area contributed by atoms with Gasteiger partial charge in [0.25, 0.3) is 0 Å². The summed E-state index contributed by atoms with van der Waals surface area (Å²) in [6.45, 7) is 0.679. The number of nitrogens with one attached hydrogen (secondary N) is 1. The maximum Gasteiger partial charge on any atom is 0.240 e. The molecule has 1 N–H and O–H groups in total. The number of thioether (sulfide) groups is 1. The highest BCUT2D eigenvalue weighted by atomic mass is 32.2. The molecule has 2 amide bonds. The Balaban J connectivity index is 1.58. The second-order valence-electron chi connectivity index (χ2n) is 4.92. The lowest BCUT2D eigenvalue weighted by Crippen LogP contribution is -2.43. The van der Waals surface area contributed by atoms with Crippen molar-refractivity contribution in [2.75, 3.05) is 23.7 Å². The number of nitrogens with zero attached hydrogens (tertiary/aromatic N) is 1. The van der Waals surface area contributed by atoms with E-state index in [-0.39, 0.29) is 18.4 Å². The van der Waals surface area contributed by atoms with Gasteiger partial charge in [-0.3, -0.25) is 9.59 Å². The predicted octanol–water partition coefficient (Wildman–Crippen LogP) is 2.55. The second-order valence-corrected chi connectivity index (χ2v) is 6.97. The van der Waals surface area contributed by atoms with E-state index in [2.05, 4.69) is 11.4 Å². The third-order valence-electron chi connectivity index (χ3n) is 3.38. The fourth-order valence-electron chi connectivity index (χ4n) is 2.31. The van der Waals surface area contributed by atoms with Crippen molar-refractivity contribution in [2.24, 2.45) is 0 Å². The summed E-state index contributed by atoms with van der Waals surface area (Å²) >= 11 is 3.20. The number of carbonyl (C=O) groups excluding carboxylic acids is 2. The molecule has 4 nitrogen and oxygen atoms in total. The van der Waals surface area contributed by atoms with Crippen molar-refractivity contribution in [3.05, 3.63) is 46.7 Å². The van der Waals surface area contributed by atoms with Crippen LogP contribution in [-0.4, -0.2) is 30.7 Å². The minimum atomic E-state index is -0.119. The molecule has 0 saturated heterocycles. The predicted molar refractivity (Wildman–Crippen MR) is 90.6 cm³/mol. The highest BCUT2D eigenvalue weighted by Gasteiger charge is 2.25. The summed E-state index contributed by atoms with van der Waals surface area (Å²) < 4.78 is 0. The van der Waals surface area contributed by atoms with Gasteiger partial charge in [0.05, 0.1) is 11.4 Å². The molecule has 6 heteroatoms. The van der Waals surface area contributed by atoms with Crippen LogP contribution in [0.5, 0.6) is 0 Å². The number of anilines is 1. The highest BCUT2D eigenvalue weighted by molar-refractivity contribution is 8.00. The van der Waals surface area contributed by atoms with Gasteiger partial charge in [-0.1, -0.05) is 18.2 Å². The number of fused-ring (bicyclic) bond motifs is 1. The van der Waals surface area contributed by atoms with Crippen molar-refractivity contribution >= 4 is 40.6 Å². The van der Waals surface area contributed by atoms with E-state index in [1.807, 2.05) is 35.7 Å². The number of hydrogen-bond acceptors (Lipinski definition) is 4. The number of benzene rings is 1. The first-order chi connectivity index (χ1) is 10.7. The molecule has 22 heavy (non-hydrogen) atoms. The summed E-state index contributed by atoms with van der Waals surface area (Å²) in [5.41, 5.74) is 0.831. The van der Waals surface area contributed by atoms with Gasteiger partial charge in [-0.25, -0.2) is 0 Å². The molecular weight excluding hydrogens is 316 g/mol. The first-order valence-electron chi connectivity index (χ1n) is 7.05. The number of amides is 2. The molecule has 0 spiro atoms. The molecule has 1 aliphatic rings. The van der Waals surface area contributed by atoms with Crippen LogP contribution in [0.2, 0.25) is 0 Å². The summed E-state index contributed by atoms with van der Waals surface area (Å²) in [6, 6.07) is 11.8. The SMILES string of the molecule is O=C(CN1C(=O)CSc2ccccc21)NCCc1cccs1. The Bertz CT molecular complexity index is 671. The van der Waals surface area contributed by atoms with Gasteiger partial charge in [0.1, 0.15) is 6.54 Å². The molecule has 2 aromatic rings. The monoisotopic (exact) mass is 332 g/mol. The summed E-state index contributed by atoms with van der Waals surface area (Å²) in [7, 11) is 0. The van der Waals surface area contributed by atoms with E-state index >= 15 is 0 Å². The molecule has 3 rings (SSSR count). The zero-order valence-electron chi connectivity index (χ0n) is 12.0. The molecule has 0 bridgehead atoms. The molecule has 2 heterocycles. The quantitative estimate of drug-likeness (QED) is 0.915. The van der Waals surface area contributed by atoms with Crippen molar-refractivity contribution in [1.29, 1.82) is 0 Å². The minimum absolute atomic E-state index is 0.0166. The van der Waals surface area contributed by atoms with Crippen molar-refractivity contribution < 1.29 is 9.59 Å². The van der Waals surface area contributed by atoms with Crippen LogP contribution in [-0.2, 0) is 16.0 Å². The van der Waals surface area contributed by atoms with E-state index in [9.17, 15) is 9.59 Å². The van der Waals surface area contributed by atoms with Crippen molar-refractivity contribution in [1.82, 2.24) is 5.32 Å². The number of rotatable bonds is 5. The highest BCUT2D eigenvalue weighted by Crippen LogP contribution is 2.34. The third-order valence-corrected chi connectivity index (χ3v) is 5.37. The van der Waals surface area contributed by atoms with Gasteiger partial charge in [-0.05, 0) is 30.0 Å². The maximum atomic E-state index is 12.1. The van der Waals surface area contributed by atoms with Gasteiger partial charge in [0, 0.05) is 16.3 Å². The van der Waals surface area contributed by atoms with E-state index in [1.165, 1.54) is 16.6 Å². The smallest absolute Gasteiger partial charge is 0.240 e. The molecule has 0 saturated carbocycles. The van der Waals surface area contributed by atoms with Crippen LogP contribution in [0, 0.1) is 0 Å². The molecule has 1 aliphatic heterocycles.